The maximum Gasteiger partial charge on any atom is 0.189 e. The molecule has 1 aliphatic rings. The fourth-order valence-corrected chi connectivity index (χ4v) is 1.81. The summed E-state index contributed by atoms with van der Waals surface area (Å²) in [5.41, 5.74) is 1.23. The Kier molecular flexibility index (Phi) is 4.53. The maximum atomic E-state index is 10.0. The normalized spacial score (nSPS) is 14.2. The molecule has 0 radical (unpaired) electrons. The average Bonchev–Trinajstić information content (AvgIpc) is 2.42. The summed E-state index contributed by atoms with van der Waals surface area (Å²) in [6, 6.07) is 10.2. The summed E-state index contributed by atoms with van der Waals surface area (Å²) < 4.78 is 5.55. The van der Waals surface area contributed by atoms with Crippen LogP contribution in [0.3, 0.4) is 0 Å². The summed E-state index contributed by atoms with van der Waals surface area (Å²) in [6.45, 7) is 2.12. The third kappa shape index (κ3) is 3.45. The van der Waals surface area contributed by atoms with Gasteiger partial charge in [0.15, 0.2) is 5.88 Å². The molecule has 0 atom stereocenters. The lowest BCUT2D eigenvalue weighted by Gasteiger charge is -2.27. The molecule has 0 aliphatic carbocycles. The first kappa shape index (κ1) is 12.4. The number of allylic oxidation sites excluding steroid dienone is 2. The van der Waals surface area contributed by atoms with Gasteiger partial charge >= 0.3 is 0 Å². The quantitative estimate of drug-likeness (QED) is 0.570. The van der Waals surface area contributed by atoms with Crippen LogP contribution in [0.1, 0.15) is 5.56 Å². The SMILES string of the molecule is O=NCCOC1=CC=CCN1Cc1ccccc1. The number of hydrogen-bond donors (Lipinski definition) is 0. The van der Waals surface area contributed by atoms with Crippen LogP contribution in [0.5, 0.6) is 0 Å². The first-order valence-electron chi connectivity index (χ1n) is 5.98. The van der Waals surface area contributed by atoms with Crippen LogP contribution < -0.4 is 0 Å². The van der Waals surface area contributed by atoms with E-state index in [1.54, 1.807) is 0 Å². The van der Waals surface area contributed by atoms with Crippen LogP contribution in [-0.4, -0.2) is 24.6 Å². The molecule has 0 spiro atoms. The van der Waals surface area contributed by atoms with E-state index in [2.05, 4.69) is 28.3 Å². The monoisotopic (exact) mass is 244 g/mol. The molecule has 0 unspecified atom stereocenters. The second-order valence-corrected chi connectivity index (χ2v) is 4.00. The molecule has 1 aromatic rings. The third-order valence-corrected chi connectivity index (χ3v) is 2.66. The van der Waals surface area contributed by atoms with E-state index in [-0.39, 0.29) is 6.54 Å². The van der Waals surface area contributed by atoms with Gasteiger partial charge in [-0.25, -0.2) is 0 Å². The van der Waals surface area contributed by atoms with E-state index in [4.69, 9.17) is 4.74 Å². The third-order valence-electron chi connectivity index (χ3n) is 2.66. The summed E-state index contributed by atoms with van der Waals surface area (Å²) in [7, 11) is 0. The number of rotatable bonds is 6. The highest BCUT2D eigenvalue weighted by Gasteiger charge is 2.12. The number of nitroso groups, excluding NO2 is 1. The lowest BCUT2D eigenvalue weighted by Crippen LogP contribution is -2.26. The summed E-state index contributed by atoms with van der Waals surface area (Å²) in [4.78, 5) is 12.2. The van der Waals surface area contributed by atoms with Crippen molar-refractivity contribution in [2.45, 2.75) is 6.54 Å². The average molecular weight is 244 g/mol. The summed E-state index contributed by atoms with van der Waals surface area (Å²) in [5.74, 6) is 0.796. The minimum absolute atomic E-state index is 0.181. The Labute approximate surface area is 107 Å². The first-order chi connectivity index (χ1) is 8.90. The highest BCUT2D eigenvalue weighted by Crippen LogP contribution is 2.15. The number of nitrogens with zero attached hydrogens (tertiary/aromatic N) is 2. The predicted octanol–water partition coefficient (Wildman–Crippen LogP) is 2.68. The van der Waals surface area contributed by atoms with E-state index in [1.165, 1.54) is 5.56 Å². The van der Waals surface area contributed by atoms with Crippen LogP contribution in [0.15, 0.2) is 59.6 Å². The topological polar surface area (TPSA) is 41.9 Å². The molecule has 0 bridgehead atoms. The van der Waals surface area contributed by atoms with Crippen molar-refractivity contribution in [1.29, 1.82) is 0 Å². The van der Waals surface area contributed by atoms with Gasteiger partial charge in [-0.15, -0.1) is 0 Å². The van der Waals surface area contributed by atoms with Gasteiger partial charge in [0, 0.05) is 13.1 Å². The Hall–Kier alpha value is -2.10. The standard InChI is InChI=1S/C14H16N2O2/c17-15-9-11-18-14-8-4-5-10-16(14)12-13-6-2-1-3-7-13/h1-8H,9-12H2. The van der Waals surface area contributed by atoms with Crippen molar-refractivity contribution in [3.8, 4) is 0 Å². The molecule has 0 aromatic heterocycles. The molecule has 0 N–H and O–H groups in total. The van der Waals surface area contributed by atoms with E-state index in [0.29, 0.717) is 6.61 Å². The summed E-state index contributed by atoms with van der Waals surface area (Å²) >= 11 is 0. The number of ether oxygens (including phenoxy) is 1. The molecule has 0 saturated heterocycles. The zero-order chi connectivity index (χ0) is 12.6. The van der Waals surface area contributed by atoms with Gasteiger partial charge in [-0.2, -0.15) is 4.91 Å². The molecule has 2 rings (SSSR count). The van der Waals surface area contributed by atoms with E-state index < -0.39 is 0 Å². The van der Waals surface area contributed by atoms with Gasteiger partial charge in [-0.05, 0) is 11.6 Å². The molecule has 0 amide bonds. The number of benzene rings is 1. The van der Waals surface area contributed by atoms with E-state index in [1.807, 2.05) is 30.4 Å². The smallest absolute Gasteiger partial charge is 0.189 e. The van der Waals surface area contributed by atoms with Crippen LogP contribution in [0, 0.1) is 4.91 Å². The second kappa shape index (κ2) is 6.59. The fourth-order valence-electron chi connectivity index (χ4n) is 1.81. The van der Waals surface area contributed by atoms with Crippen molar-refractivity contribution in [3.05, 3.63) is 64.9 Å². The molecule has 18 heavy (non-hydrogen) atoms. The molecule has 4 nitrogen and oxygen atoms in total. The van der Waals surface area contributed by atoms with Crippen LogP contribution >= 0.6 is 0 Å². The predicted molar refractivity (Wildman–Crippen MR) is 70.7 cm³/mol. The zero-order valence-corrected chi connectivity index (χ0v) is 10.2. The van der Waals surface area contributed by atoms with Crippen LogP contribution in [0.4, 0.5) is 0 Å². The van der Waals surface area contributed by atoms with Gasteiger partial charge in [-0.3, -0.25) is 0 Å². The van der Waals surface area contributed by atoms with Crippen molar-refractivity contribution in [1.82, 2.24) is 4.90 Å². The van der Waals surface area contributed by atoms with Gasteiger partial charge in [0.05, 0.1) is 0 Å². The van der Waals surface area contributed by atoms with Gasteiger partial charge in [0.1, 0.15) is 13.2 Å². The molecule has 0 saturated carbocycles. The summed E-state index contributed by atoms with van der Waals surface area (Å²) in [5, 5.41) is 2.79. The fraction of sp³-hybridized carbons (Fsp3) is 0.286. The van der Waals surface area contributed by atoms with Gasteiger partial charge in [0.25, 0.3) is 0 Å². The van der Waals surface area contributed by atoms with Crippen LogP contribution in [0.25, 0.3) is 0 Å². The molecule has 1 heterocycles. The Morgan fingerprint density at radius 1 is 1.28 bits per heavy atom. The van der Waals surface area contributed by atoms with Crippen molar-refractivity contribution in [2.24, 2.45) is 5.18 Å². The van der Waals surface area contributed by atoms with Gasteiger partial charge in [0.2, 0.25) is 0 Å². The second-order valence-electron chi connectivity index (χ2n) is 4.00. The van der Waals surface area contributed by atoms with Crippen LogP contribution in [0.2, 0.25) is 0 Å². The van der Waals surface area contributed by atoms with Crippen molar-refractivity contribution in [2.75, 3.05) is 19.7 Å². The van der Waals surface area contributed by atoms with Gasteiger partial charge in [-0.1, -0.05) is 47.7 Å². The molecule has 0 fully saturated rings. The van der Waals surface area contributed by atoms with E-state index in [0.717, 1.165) is 19.0 Å². The van der Waals surface area contributed by atoms with Crippen molar-refractivity contribution >= 4 is 0 Å². The van der Waals surface area contributed by atoms with Gasteiger partial charge < -0.3 is 9.64 Å². The lowest BCUT2D eigenvalue weighted by atomic mass is 10.2. The van der Waals surface area contributed by atoms with E-state index in [9.17, 15) is 4.91 Å². The van der Waals surface area contributed by atoms with Crippen LogP contribution in [-0.2, 0) is 11.3 Å². The highest BCUT2D eigenvalue weighted by molar-refractivity contribution is 5.19. The number of hydrogen-bond acceptors (Lipinski definition) is 4. The molecular formula is C14H16N2O2. The molecule has 1 aromatic carbocycles. The molecule has 94 valence electrons. The minimum atomic E-state index is 0.181. The molecule has 1 aliphatic heterocycles. The van der Waals surface area contributed by atoms with Crippen molar-refractivity contribution in [3.63, 3.8) is 0 Å². The molecule has 4 heteroatoms. The Balaban J connectivity index is 1.96. The van der Waals surface area contributed by atoms with E-state index >= 15 is 0 Å². The summed E-state index contributed by atoms with van der Waals surface area (Å²) in [6.07, 6.45) is 5.95. The maximum absolute atomic E-state index is 10.0. The Morgan fingerprint density at radius 2 is 2.11 bits per heavy atom. The zero-order valence-electron chi connectivity index (χ0n) is 10.2. The lowest BCUT2D eigenvalue weighted by molar-refractivity contribution is 0.118. The Morgan fingerprint density at radius 3 is 2.89 bits per heavy atom. The molecular weight excluding hydrogens is 228 g/mol. The Bertz CT molecular complexity index is 440. The first-order valence-corrected chi connectivity index (χ1v) is 5.98. The van der Waals surface area contributed by atoms with Crippen molar-refractivity contribution < 1.29 is 4.74 Å². The highest BCUT2D eigenvalue weighted by atomic mass is 16.5. The minimum Gasteiger partial charge on any atom is -0.477 e. The largest absolute Gasteiger partial charge is 0.477 e.